The minimum absolute atomic E-state index is 0.158. The van der Waals surface area contributed by atoms with Gasteiger partial charge >= 0.3 is 5.97 Å². The van der Waals surface area contributed by atoms with Gasteiger partial charge in [-0.2, -0.15) is 4.98 Å². The second-order valence-corrected chi connectivity index (χ2v) is 5.83. The van der Waals surface area contributed by atoms with Crippen molar-refractivity contribution in [2.45, 2.75) is 38.7 Å². The quantitative estimate of drug-likeness (QED) is 0.799. The summed E-state index contributed by atoms with van der Waals surface area (Å²) in [5.41, 5.74) is 0. The highest BCUT2D eigenvalue weighted by Crippen LogP contribution is 2.33. The molecule has 1 aliphatic rings. The van der Waals surface area contributed by atoms with Crippen molar-refractivity contribution < 1.29 is 14.3 Å². The Labute approximate surface area is 115 Å². The van der Waals surface area contributed by atoms with Gasteiger partial charge < -0.3 is 9.47 Å². The molecule has 0 radical (unpaired) electrons. The maximum atomic E-state index is 11.4. The second-order valence-electron chi connectivity index (χ2n) is 4.51. The van der Waals surface area contributed by atoms with Crippen molar-refractivity contribution in [2.24, 2.45) is 5.92 Å². The molecule has 1 aromatic rings. The van der Waals surface area contributed by atoms with Gasteiger partial charge in [-0.3, -0.25) is 0 Å². The molecule has 18 heavy (non-hydrogen) atoms. The lowest BCUT2D eigenvalue weighted by molar-refractivity contribution is 0.0606. The molecule has 2 rings (SSSR count). The Morgan fingerprint density at radius 2 is 2.17 bits per heavy atom. The summed E-state index contributed by atoms with van der Waals surface area (Å²) in [6, 6.07) is 0. The molecule has 2 unspecified atom stereocenters. The van der Waals surface area contributed by atoms with E-state index in [1.54, 1.807) is 0 Å². The van der Waals surface area contributed by atoms with Crippen molar-refractivity contribution in [1.29, 1.82) is 0 Å². The van der Waals surface area contributed by atoms with E-state index in [9.17, 15) is 4.79 Å². The summed E-state index contributed by atoms with van der Waals surface area (Å²) in [6.45, 7) is 2.18. The normalized spacial score (nSPS) is 23.7. The van der Waals surface area contributed by atoms with Gasteiger partial charge in [-0.25, -0.2) is 4.79 Å². The fourth-order valence-electron chi connectivity index (χ4n) is 2.14. The third-order valence-corrected chi connectivity index (χ3v) is 4.53. The molecule has 0 amide bonds. The summed E-state index contributed by atoms with van der Waals surface area (Å²) >= 11 is 7.04. The number of esters is 1. The standard InChI is InChI=1S/C12H16ClNO3S/c1-7-5-3-4-6-8(7)17-12-14-10(13)9(18-12)11(15)16-2/h7-8H,3-6H2,1-2H3. The van der Waals surface area contributed by atoms with Crippen LogP contribution in [0.2, 0.25) is 5.15 Å². The maximum absolute atomic E-state index is 11.4. The Morgan fingerprint density at radius 1 is 1.44 bits per heavy atom. The summed E-state index contributed by atoms with van der Waals surface area (Å²) in [4.78, 5) is 15.8. The van der Waals surface area contributed by atoms with Crippen molar-refractivity contribution in [3.8, 4) is 5.19 Å². The van der Waals surface area contributed by atoms with E-state index in [0.717, 1.165) is 17.8 Å². The highest BCUT2D eigenvalue weighted by molar-refractivity contribution is 7.15. The Kier molecular flexibility index (Phi) is 4.45. The van der Waals surface area contributed by atoms with Gasteiger partial charge in [-0.1, -0.05) is 36.3 Å². The lowest BCUT2D eigenvalue weighted by atomic mass is 9.88. The summed E-state index contributed by atoms with van der Waals surface area (Å²) in [5, 5.41) is 0.615. The number of carbonyl (C=O) groups is 1. The molecule has 1 heterocycles. The molecule has 0 aromatic carbocycles. The van der Waals surface area contributed by atoms with Crippen LogP contribution in [0.25, 0.3) is 0 Å². The van der Waals surface area contributed by atoms with Crippen LogP contribution in [0, 0.1) is 5.92 Å². The zero-order valence-electron chi connectivity index (χ0n) is 10.4. The number of ether oxygens (including phenoxy) is 2. The first-order chi connectivity index (χ1) is 8.61. The molecule has 1 fully saturated rings. The first-order valence-corrected chi connectivity index (χ1v) is 7.22. The van der Waals surface area contributed by atoms with Gasteiger partial charge in [0, 0.05) is 0 Å². The zero-order valence-corrected chi connectivity index (χ0v) is 12.0. The molecule has 4 nitrogen and oxygen atoms in total. The van der Waals surface area contributed by atoms with E-state index in [2.05, 4.69) is 16.6 Å². The molecule has 1 aromatic heterocycles. The smallest absolute Gasteiger partial charge is 0.351 e. The third kappa shape index (κ3) is 2.95. The molecule has 0 spiro atoms. The fraction of sp³-hybridized carbons (Fsp3) is 0.667. The Bertz CT molecular complexity index is 435. The molecule has 2 atom stereocenters. The minimum atomic E-state index is -0.468. The molecule has 0 saturated heterocycles. The number of nitrogens with zero attached hydrogens (tertiary/aromatic N) is 1. The van der Waals surface area contributed by atoms with E-state index in [4.69, 9.17) is 16.3 Å². The van der Waals surface area contributed by atoms with Crippen molar-refractivity contribution in [3.63, 3.8) is 0 Å². The lowest BCUT2D eigenvalue weighted by Crippen LogP contribution is -2.28. The van der Waals surface area contributed by atoms with Crippen molar-refractivity contribution >= 4 is 28.9 Å². The van der Waals surface area contributed by atoms with Crippen molar-refractivity contribution in [1.82, 2.24) is 4.98 Å². The van der Waals surface area contributed by atoms with Gasteiger partial charge in [0.1, 0.15) is 6.10 Å². The summed E-state index contributed by atoms with van der Waals surface area (Å²) < 4.78 is 10.5. The predicted octanol–water partition coefficient (Wildman–Crippen LogP) is 3.54. The van der Waals surface area contributed by atoms with Crippen LogP contribution in [0.3, 0.4) is 0 Å². The maximum Gasteiger partial charge on any atom is 0.351 e. The minimum Gasteiger partial charge on any atom is -0.466 e. The molecular weight excluding hydrogens is 274 g/mol. The number of rotatable bonds is 3. The number of thiazole rings is 1. The zero-order chi connectivity index (χ0) is 13.1. The lowest BCUT2D eigenvalue weighted by Gasteiger charge is -2.28. The Balaban J connectivity index is 2.07. The number of carbonyl (C=O) groups excluding carboxylic acids is 1. The summed E-state index contributed by atoms with van der Waals surface area (Å²) in [5.74, 6) is 0.0482. The van der Waals surface area contributed by atoms with E-state index in [-0.39, 0.29) is 11.3 Å². The third-order valence-electron chi connectivity index (χ3n) is 3.22. The largest absolute Gasteiger partial charge is 0.466 e. The molecular formula is C12H16ClNO3S. The number of hydrogen-bond donors (Lipinski definition) is 0. The highest BCUT2D eigenvalue weighted by atomic mass is 35.5. The SMILES string of the molecule is COC(=O)c1sc(OC2CCCCC2C)nc1Cl. The molecule has 100 valence electrons. The fourth-order valence-corrected chi connectivity index (χ4v) is 3.24. The Hall–Kier alpha value is -0.810. The topological polar surface area (TPSA) is 48.4 Å². The van der Waals surface area contributed by atoms with Gasteiger partial charge in [0.05, 0.1) is 7.11 Å². The van der Waals surface area contributed by atoms with Gasteiger partial charge in [0.15, 0.2) is 10.0 Å². The van der Waals surface area contributed by atoms with Crippen LogP contribution in [0.1, 0.15) is 42.3 Å². The van der Waals surface area contributed by atoms with Crippen LogP contribution >= 0.6 is 22.9 Å². The number of halogens is 1. The summed E-state index contributed by atoms with van der Waals surface area (Å²) in [7, 11) is 1.32. The van der Waals surface area contributed by atoms with Gasteiger partial charge in [-0.15, -0.1) is 0 Å². The monoisotopic (exact) mass is 289 g/mol. The van der Waals surface area contributed by atoms with E-state index in [0.29, 0.717) is 16.0 Å². The molecule has 0 bridgehead atoms. The number of hydrogen-bond acceptors (Lipinski definition) is 5. The van der Waals surface area contributed by atoms with Gasteiger partial charge in [0.2, 0.25) is 0 Å². The number of aromatic nitrogens is 1. The van der Waals surface area contributed by atoms with Crippen LogP contribution in [0.15, 0.2) is 0 Å². The molecule has 0 aliphatic heterocycles. The van der Waals surface area contributed by atoms with E-state index in [1.165, 1.54) is 26.4 Å². The average Bonchev–Trinajstić information content (AvgIpc) is 2.72. The molecule has 6 heteroatoms. The highest BCUT2D eigenvalue weighted by Gasteiger charge is 2.25. The van der Waals surface area contributed by atoms with Crippen LogP contribution in [0.5, 0.6) is 5.19 Å². The van der Waals surface area contributed by atoms with Crippen molar-refractivity contribution in [2.75, 3.05) is 7.11 Å². The Morgan fingerprint density at radius 3 is 2.83 bits per heavy atom. The van der Waals surface area contributed by atoms with E-state index in [1.807, 2.05) is 0 Å². The molecule has 1 saturated carbocycles. The first kappa shape index (κ1) is 13.6. The van der Waals surface area contributed by atoms with E-state index < -0.39 is 5.97 Å². The number of methoxy groups -OCH3 is 1. The van der Waals surface area contributed by atoms with Crippen molar-refractivity contribution in [3.05, 3.63) is 10.0 Å². The predicted molar refractivity (Wildman–Crippen MR) is 70.5 cm³/mol. The molecule has 0 N–H and O–H groups in total. The average molecular weight is 290 g/mol. The van der Waals surface area contributed by atoms with E-state index >= 15 is 0 Å². The molecule has 1 aliphatic carbocycles. The van der Waals surface area contributed by atoms with Crippen LogP contribution in [-0.4, -0.2) is 24.2 Å². The first-order valence-electron chi connectivity index (χ1n) is 6.03. The van der Waals surface area contributed by atoms with Gasteiger partial charge in [0.25, 0.3) is 5.19 Å². The second kappa shape index (κ2) is 5.89. The van der Waals surface area contributed by atoms with Crippen LogP contribution in [-0.2, 0) is 4.74 Å². The van der Waals surface area contributed by atoms with Gasteiger partial charge in [-0.05, 0) is 25.2 Å². The summed E-state index contributed by atoms with van der Waals surface area (Å²) in [6.07, 6.45) is 4.82. The van der Waals surface area contributed by atoms with Crippen LogP contribution < -0.4 is 4.74 Å². The van der Waals surface area contributed by atoms with Crippen LogP contribution in [0.4, 0.5) is 0 Å².